The molecule has 0 unspecified atom stereocenters. The summed E-state index contributed by atoms with van der Waals surface area (Å²) in [5, 5.41) is 2.25. The molecular formula is C66H47N4OPt-3. The van der Waals surface area contributed by atoms with Gasteiger partial charge in [0.1, 0.15) is 5.82 Å². The average Bonchev–Trinajstić information content (AvgIpc) is 4.23. The Hall–Kier alpha value is -7.98. The van der Waals surface area contributed by atoms with Crippen LogP contribution in [0.3, 0.4) is 0 Å². The molecule has 0 spiro atoms. The minimum atomic E-state index is -0.502. The minimum Gasteiger partial charge on any atom is -0.509 e. The Kier molecular flexibility index (Phi) is 10.8. The third kappa shape index (κ3) is 6.82. The van der Waals surface area contributed by atoms with Crippen LogP contribution < -0.4 is 14.5 Å². The van der Waals surface area contributed by atoms with E-state index in [4.69, 9.17) is 9.72 Å². The third-order valence-electron chi connectivity index (χ3n) is 15.5. The molecule has 0 atom stereocenters. The number of ether oxygens (including phenoxy) is 1. The van der Waals surface area contributed by atoms with E-state index < -0.39 is 5.41 Å². The molecule has 0 N–H and O–H groups in total. The normalized spacial score (nSPS) is 15.0. The summed E-state index contributed by atoms with van der Waals surface area (Å²) >= 11 is 0. The van der Waals surface area contributed by atoms with Crippen molar-refractivity contribution in [1.29, 1.82) is 0 Å². The number of para-hydroxylation sites is 3. The molecule has 5 nitrogen and oxygen atoms in total. The fourth-order valence-electron chi connectivity index (χ4n) is 12.3. The topological polar surface area (TPSA) is 33.5 Å². The zero-order valence-corrected chi connectivity index (χ0v) is 41.6. The first kappa shape index (κ1) is 44.0. The fraction of sp³-hybridized carbons (Fsp3) is 0.0909. The Balaban J connectivity index is 0.00000504. The molecule has 2 aliphatic carbocycles. The summed E-state index contributed by atoms with van der Waals surface area (Å²) in [7, 11) is 0. The van der Waals surface area contributed by atoms with Gasteiger partial charge in [-0.25, -0.2) is 4.98 Å². The predicted molar refractivity (Wildman–Crippen MR) is 287 cm³/mol. The van der Waals surface area contributed by atoms with Crippen LogP contribution in [-0.2, 0) is 31.9 Å². The van der Waals surface area contributed by atoms with Gasteiger partial charge >= 0.3 is 0 Å². The van der Waals surface area contributed by atoms with E-state index in [1.54, 1.807) is 0 Å². The second-order valence-corrected chi connectivity index (χ2v) is 19.1. The number of hydrogen-bond donors (Lipinski definition) is 0. The van der Waals surface area contributed by atoms with Gasteiger partial charge in [0.25, 0.3) is 0 Å². The van der Waals surface area contributed by atoms with E-state index in [9.17, 15) is 0 Å². The van der Waals surface area contributed by atoms with Gasteiger partial charge in [0.15, 0.2) is 0 Å². The van der Waals surface area contributed by atoms with Crippen LogP contribution in [0.2, 0.25) is 0 Å². The Morgan fingerprint density at radius 3 is 1.89 bits per heavy atom. The van der Waals surface area contributed by atoms with Gasteiger partial charge in [0, 0.05) is 66.8 Å². The molecule has 1 aliphatic heterocycles. The molecule has 0 radical (unpaired) electrons. The zero-order chi connectivity index (χ0) is 46.9. The molecule has 0 bridgehead atoms. The van der Waals surface area contributed by atoms with Crippen molar-refractivity contribution in [2.75, 3.05) is 9.80 Å². The van der Waals surface area contributed by atoms with E-state index in [-0.39, 0.29) is 26.5 Å². The van der Waals surface area contributed by atoms with Crippen LogP contribution in [0.4, 0.5) is 22.7 Å². The summed E-state index contributed by atoms with van der Waals surface area (Å²) < 4.78 is 8.99. The summed E-state index contributed by atoms with van der Waals surface area (Å²) in [6, 6.07) is 88.2. The summed E-state index contributed by atoms with van der Waals surface area (Å²) in [5.74, 6) is 2.08. The largest absolute Gasteiger partial charge is 0.509 e. The van der Waals surface area contributed by atoms with E-state index in [1.807, 2.05) is 24.4 Å². The second kappa shape index (κ2) is 17.7. The van der Waals surface area contributed by atoms with Gasteiger partial charge in [0.2, 0.25) is 0 Å². The molecule has 9 aromatic carbocycles. The van der Waals surface area contributed by atoms with Crippen LogP contribution in [-0.4, -0.2) is 9.55 Å². The number of fused-ring (bicyclic) bond motifs is 7. The molecule has 6 heteroatoms. The minimum absolute atomic E-state index is 0. The van der Waals surface area contributed by atoms with E-state index in [2.05, 4.69) is 239 Å². The van der Waals surface area contributed by atoms with Crippen LogP contribution in [0.15, 0.2) is 231 Å². The van der Waals surface area contributed by atoms with Crippen molar-refractivity contribution in [3.63, 3.8) is 0 Å². The number of pyridine rings is 1. The number of aromatic nitrogens is 2. The summed E-state index contributed by atoms with van der Waals surface area (Å²) in [4.78, 5) is 9.55. The maximum absolute atomic E-state index is 6.74. The number of benzene rings is 9. The monoisotopic (exact) mass is 1110 g/mol. The van der Waals surface area contributed by atoms with E-state index in [0.29, 0.717) is 11.5 Å². The van der Waals surface area contributed by atoms with Crippen LogP contribution in [0.25, 0.3) is 38.8 Å². The van der Waals surface area contributed by atoms with Gasteiger partial charge < -0.3 is 19.1 Å². The number of rotatable bonds is 9. The first-order valence-corrected chi connectivity index (χ1v) is 24.7. The van der Waals surface area contributed by atoms with Crippen molar-refractivity contribution in [3.05, 3.63) is 283 Å². The SMILES string of the molecule is [Pt].[c-]1c(Oc2[c-]c3c(cc2)c2ccccc2n3-c2cc(C3(c4ccccc4)CCCC3)ccn2)cccc1N1[CH-]N(c2ccc3c(c2)C(c2ccccc2)(c2ccccc2)c2ccccc2-3)c2ccccc21. The smallest absolute Gasteiger partial charge is 0.135 e. The van der Waals surface area contributed by atoms with Crippen LogP contribution in [0.1, 0.15) is 59.1 Å². The van der Waals surface area contributed by atoms with Gasteiger partial charge in [-0.3, -0.25) is 0 Å². The molecule has 3 aliphatic rings. The Labute approximate surface area is 434 Å². The van der Waals surface area contributed by atoms with Crippen LogP contribution in [0, 0.1) is 18.8 Å². The number of hydrogen-bond acceptors (Lipinski definition) is 4. The molecular weight excluding hydrogens is 1060 g/mol. The van der Waals surface area contributed by atoms with Crippen LogP contribution >= 0.6 is 0 Å². The summed E-state index contributed by atoms with van der Waals surface area (Å²) in [5.41, 5.74) is 15.8. The van der Waals surface area contributed by atoms with Crippen molar-refractivity contribution < 1.29 is 25.8 Å². The zero-order valence-electron chi connectivity index (χ0n) is 39.4. The van der Waals surface area contributed by atoms with Gasteiger partial charge in [-0.15, -0.1) is 48.1 Å². The fourth-order valence-corrected chi connectivity index (χ4v) is 12.3. The second-order valence-electron chi connectivity index (χ2n) is 19.1. The first-order chi connectivity index (χ1) is 35.2. The average molecular weight is 1110 g/mol. The molecule has 11 aromatic rings. The molecule has 3 heterocycles. The van der Waals surface area contributed by atoms with E-state index in [1.165, 1.54) is 57.3 Å². The molecule has 2 aromatic heterocycles. The van der Waals surface area contributed by atoms with Crippen molar-refractivity contribution in [1.82, 2.24) is 9.55 Å². The Morgan fingerprint density at radius 1 is 0.486 bits per heavy atom. The predicted octanol–water partition coefficient (Wildman–Crippen LogP) is 16.2. The molecule has 1 fully saturated rings. The van der Waals surface area contributed by atoms with Gasteiger partial charge in [-0.2, -0.15) is 12.1 Å². The summed E-state index contributed by atoms with van der Waals surface area (Å²) in [6.45, 7) is 2.18. The van der Waals surface area contributed by atoms with E-state index >= 15 is 0 Å². The Morgan fingerprint density at radius 2 is 1.12 bits per heavy atom. The number of nitrogens with zero attached hydrogens (tertiary/aromatic N) is 4. The quantitative estimate of drug-likeness (QED) is 0.135. The maximum atomic E-state index is 6.74. The molecule has 0 saturated heterocycles. The van der Waals surface area contributed by atoms with Crippen molar-refractivity contribution in [3.8, 4) is 28.4 Å². The van der Waals surface area contributed by atoms with Crippen molar-refractivity contribution in [2.24, 2.45) is 0 Å². The standard InChI is InChI=1S/C66H47N4O.Pt/c1-4-19-46(20-5-1)65(38-16-17-39-65)49-37-40-67-64(41-49)70-60-30-13-11-28-56(60)57-36-34-53(44-63(57)70)71-52-26-18-25-50(42-52)68-45-69(62-32-15-14-31-61(62)68)51-33-35-55-54-27-10-12-29-58(54)66(59(55)43-51,47-21-6-2-7-22-47)48-23-8-3-9-24-48;/h1-15,18-37,40-41,43,45H,16-17,38-39H2;/q-3;. The van der Waals surface area contributed by atoms with Gasteiger partial charge in [-0.1, -0.05) is 170 Å². The molecule has 1 saturated carbocycles. The van der Waals surface area contributed by atoms with E-state index in [0.717, 1.165) is 63.2 Å². The molecule has 14 rings (SSSR count). The van der Waals surface area contributed by atoms with Gasteiger partial charge in [0.05, 0.1) is 5.41 Å². The van der Waals surface area contributed by atoms with Crippen molar-refractivity contribution in [2.45, 2.75) is 36.5 Å². The van der Waals surface area contributed by atoms with Crippen molar-refractivity contribution >= 4 is 44.6 Å². The maximum Gasteiger partial charge on any atom is 0.135 e. The first-order valence-electron chi connectivity index (χ1n) is 24.7. The molecule has 0 amide bonds. The summed E-state index contributed by atoms with van der Waals surface area (Å²) in [6.07, 6.45) is 6.66. The van der Waals surface area contributed by atoms with Gasteiger partial charge in [-0.05, 0) is 105 Å². The number of anilines is 4. The van der Waals surface area contributed by atoms with Crippen LogP contribution in [0.5, 0.6) is 11.5 Å². The third-order valence-corrected chi connectivity index (χ3v) is 15.5. The molecule has 350 valence electrons. The molecule has 72 heavy (non-hydrogen) atoms. The Bertz CT molecular complexity index is 3770.